The molecule has 0 atom stereocenters. The van der Waals surface area contributed by atoms with Crippen molar-refractivity contribution in [2.24, 2.45) is 21.3 Å². The smallest absolute Gasteiger partial charge is 0.154 e. The molecule has 3 aliphatic rings. The van der Waals surface area contributed by atoms with Crippen molar-refractivity contribution in [3.05, 3.63) is 59.6 Å². The fraction of sp³-hybridized carbons (Fsp3) is 0.500. The first kappa shape index (κ1) is 21.7. The Morgan fingerprint density at radius 1 is 1.26 bits per heavy atom. The normalized spacial score (nSPS) is 21.0. The Labute approximate surface area is 185 Å². The fourth-order valence-electron chi connectivity index (χ4n) is 5.20. The molecule has 5 heteroatoms. The zero-order valence-corrected chi connectivity index (χ0v) is 18.8. The van der Waals surface area contributed by atoms with Gasteiger partial charge in [0, 0.05) is 48.1 Å². The molecule has 164 valence electrons. The summed E-state index contributed by atoms with van der Waals surface area (Å²) in [5.74, 6) is 1.06. The van der Waals surface area contributed by atoms with E-state index >= 15 is 0 Å². The molecule has 1 saturated heterocycles. The van der Waals surface area contributed by atoms with Gasteiger partial charge in [-0.3, -0.25) is 4.99 Å². The van der Waals surface area contributed by atoms with Gasteiger partial charge in [0.25, 0.3) is 0 Å². The number of halogens is 1. The van der Waals surface area contributed by atoms with Gasteiger partial charge in [-0.15, -0.1) is 0 Å². The molecule has 1 spiro atoms. The molecule has 1 aromatic rings. The van der Waals surface area contributed by atoms with Crippen molar-refractivity contribution in [1.82, 2.24) is 4.90 Å². The van der Waals surface area contributed by atoms with Crippen LogP contribution in [0.2, 0.25) is 0 Å². The van der Waals surface area contributed by atoms with Gasteiger partial charge in [-0.25, -0.2) is 9.38 Å². The lowest BCUT2D eigenvalue weighted by Gasteiger charge is -2.53. The molecular formula is C26H33FN4. The topological polar surface area (TPSA) is 51.8 Å². The van der Waals surface area contributed by atoms with Crippen LogP contribution in [-0.4, -0.2) is 41.8 Å². The Morgan fingerprint density at radius 2 is 1.94 bits per heavy atom. The molecule has 4 nitrogen and oxygen atoms in total. The minimum atomic E-state index is -0.230. The van der Waals surface area contributed by atoms with E-state index in [-0.39, 0.29) is 5.82 Å². The van der Waals surface area contributed by atoms with Crippen LogP contribution in [0, 0.1) is 22.6 Å². The van der Waals surface area contributed by atoms with Crippen LogP contribution in [0.15, 0.2) is 58.2 Å². The first-order valence-corrected chi connectivity index (χ1v) is 11.4. The zero-order valence-electron chi connectivity index (χ0n) is 18.8. The van der Waals surface area contributed by atoms with Crippen LogP contribution in [0.4, 0.5) is 4.39 Å². The lowest BCUT2D eigenvalue weighted by molar-refractivity contribution is 0.0207. The number of amidine groups is 1. The van der Waals surface area contributed by atoms with E-state index in [1.54, 1.807) is 12.1 Å². The highest BCUT2D eigenvalue weighted by molar-refractivity contribution is 6.12. The monoisotopic (exact) mass is 420 g/mol. The quantitative estimate of drug-likeness (QED) is 0.557. The number of hydrogen-bond acceptors (Lipinski definition) is 4. The number of nitrogens with zero attached hydrogens (tertiary/aromatic N) is 3. The first-order valence-electron chi connectivity index (χ1n) is 11.4. The number of aliphatic imine (C=N–C) groups is 2. The van der Waals surface area contributed by atoms with Gasteiger partial charge in [-0.05, 0) is 74.3 Å². The van der Waals surface area contributed by atoms with E-state index in [0.29, 0.717) is 23.6 Å². The maximum Gasteiger partial charge on any atom is 0.154 e. The molecule has 1 N–H and O–H groups in total. The standard InChI is InChI=1S/C26H33FN4/c1-4-5-21(19(3)28)14-18(2)31-12-10-26(11-13-31)15-22(16-26)24-17-29-25(30-24)20-6-8-23(27)9-7-20/h5-9,22,28H,2,4,10-17H2,1,3H3/b21-5-,28-19?. The van der Waals surface area contributed by atoms with E-state index in [0.717, 1.165) is 48.6 Å². The summed E-state index contributed by atoms with van der Waals surface area (Å²) in [7, 11) is 0. The lowest BCUT2D eigenvalue weighted by atomic mass is 9.56. The lowest BCUT2D eigenvalue weighted by Crippen LogP contribution is -2.48. The summed E-state index contributed by atoms with van der Waals surface area (Å²) < 4.78 is 13.2. The molecule has 0 aromatic heterocycles. The summed E-state index contributed by atoms with van der Waals surface area (Å²) in [5, 5.41) is 7.98. The van der Waals surface area contributed by atoms with Crippen molar-refractivity contribution < 1.29 is 4.39 Å². The number of benzene rings is 1. The highest BCUT2D eigenvalue weighted by atomic mass is 19.1. The zero-order chi connectivity index (χ0) is 22.0. The summed E-state index contributed by atoms with van der Waals surface area (Å²) in [5.41, 5.74) is 5.45. The minimum absolute atomic E-state index is 0.230. The SMILES string of the molecule is C=C(C/C(=C/CC)C(C)=N)N1CCC2(CC1)CC(C1=NC(c3ccc(F)cc3)=NC1)C2. The van der Waals surface area contributed by atoms with Crippen LogP contribution >= 0.6 is 0 Å². The minimum Gasteiger partial charge on any atom is -0.375 e. The second-order valence-corrected chi connectivity index (χ2v) is 9.35. The molecule has 0 radical (unpaired) electrons. The molecule has 2 heterocycles. The summed E-state index contributed by atoms with van der Waals surface area (Å²) in [6.07, 6.45) is 8.73. The summed E-state index contributed by atoms with van der Waals surface area (Å²) in [6.45, 7) is 11.1. The second-order valence-electron chi connectivity index (χ2n) is 9.35. The maximum atomic E-state index is 13.2. The number of rotatable bonds is 7. The van der Waals surface area contributed by atoms with Gasteiger partial charge in [-0.2, -0.15) is 0 Å². The van der Waals surface area contributed by atoms with E-state index in [2.05, 4.69) is 29.5 Å². The van der Waals surface area contributed by atoms with Gasteiger partial charge in [0.05, 0.1) is 6.54 Å². The van der Waals surface area contributed by atoms with Gasteiger partial charge in [0.2, 0.25) is 0 Å². The molecule has 1 saturated carbocycles. The van der Waals surface area contributed by atoms with E-state index in [9.17, 15) is 4.39 Å². The molecule has 0 bridgehead atoms. The largest absolute Gasteiger partial charge is 0.375 e. The Balaban J connectivity index is 1.28. The summed E-state index contributed by atoms with van der Waals surface area (Å²) in [6, 6.07) is 6.45. The fourth-order valence-corrected chi connectivity index (χ4v) is 5.20. The predicted octanol–water partition coefficient (Wildman–Crippen LogP) is 5.80. The van der Waals surface area contributed by atoms with Gasteiger partial charge in [-0.1, -0.05) is 19.6 Å². The number of piperidine rings is 1. The first-order chi connectivity index (χ1) is 14.9. The van der Waals surface area contributed by atoms with Crippen LogP contribution in [-0.2, 0) is 0 Å². The summed E-state index contributed by atoms with van der Waals surface area (Å²) in [4.78, 5) is 11.8. The summed E-state index contributed by atoms with van der Waals surface area (Å²) >= 11 is 0. The van der Waals surface area contributed by atoms with E-state index < -0.39 is 0 Å². The van der Waals surface area contributed by atoms with Crippen LogP contribution in [0.1, 0.15) is 57.9 Å². The van der Waals surface area contributed by atoms with E-state index in [1.165, 1.54) is 43.5 Å². The molecule has 0 unspecified atom stereocenters. The third-order valence-electron chi connectivity index (χ3n) is 7.17. The number of allylic oxidation sites excluding steroid dienone is 2. The van der Waals surface area contributed by atoms with Crippen molar-refractivity contribution in [2.45, 2.75) is 52.4 Å². The van der Waals surface area contributed by atoms with E-state index in [1.807, 2.05) is 6.92 Å². The average Bonchev–Trinajstić information content (AvgIpc) is 3.22. The van der Waals surface area contributed by atoms with E-state index in [4.69, 9.17) is 10.4 Å². The molecule has 0 amide bonds. The number of nitrogens with one attached hydrogen (secondary N) is 1. The third kappa shape index (κ3) is 4.70. The Hall–Kier alpha value is -2.56. The maximum absolute atomic E-state index is 13.2. The van der Waals surface area contributed by atoms with Crippen molar-refractivity contribution in [2.75, 3.05) is 19.6 Å². The Bertz CT molecular complexity index is 938. The highest BCUT2D eigenvalue weighted by Crippen LogP contribution is 2.53. The van der Waals surface area contributed by atoms with Gasteiger partial charge in [0.1, 0.15) is 5.82 Å². The number of likely N-dealkylation sites (tertiary alicyclic amines) is 1. The third-order valence-corrected chi connectivity index (χ3v) is 7.17. The van der Waals surface area contributed by atoms with Crippen LogP contribution in [0.25, 0.3) is 0 Å². The van der Waals surface area contributed by atoms with Crippen LogP contribution < -0.4 is 0 Å². The van der Waals surface area contributed by atoms with Gasteiger partial charge >= 0.3 is 0 Å². The van der Waals surface area contributed by atoms with Crippen molar-refractivity contribution in [3.8, 4) is 0 Å². The Morgan fingerprint density at radius 3 is 2.55 bits per heavy atom. The average molecular weight is 421 g/mol. The molecular weight excluding hydrogens is 387 g/mol. The molecule has 4 rings (SSSR count). The molecule has 31 heavy (non-hydrogen) atoms. The van der Waals surface area contributed by atoms with Crippen molar-refractivity contribution in [1.29, 1.82) is 5.41 Å². The van der Waals surface area contributed by atoms with Gasteiger partial charge in [0.15, 0.2) is 5.84 Å². The highest BCUT2D eigenvalue weighted by Gasteiger charge is 2.47. The van der Waals surface area contributed by atoms with Crippen LogP contribution in [0.3, 0.4) is 0 Å². The predicted molar refractivity (Wildman–Crippen MR) is 127 cm³/mol. The van der Waals surface area contributed by atoms with Crippen molar-refractivity contribution in [3.63, 3.8) is 0 Å². The molecule has 2 fully saturated rings. The molecule has 1 aliphatic carbocycles. The van der Waals surface area contributed by atoms with Crippen molar-refractivity contribution >= 4 is 17.3 Å². The number of hydrogen-bond donors (Lipinski definition) is 1. The van der Waals surface area contributed by atoms with Gasteiger partial charge < -0.3 is 10.3 Å². The Kier molecular flexibility index (Phi) is 6.22. The molecule has 1 aromatic carbocycles. The van der Waals surface area contributed by atoms with Crippen LogP contribution in [0.5, 0.6) is 0 Å². The second kappa shape index (κ2) is 8.89. The molecule has 2 aliphatic heterocycles.